The van der Waals surface area contributed by atoms with Crippen LogP contribution < -0.4 is 5.46 Å². The Balaban J connectivity index is 2.00. The molecule has 0 aromatic heterocycles. The number of hydrogen-bond donors (Lipinski definition) is 1. The first-order valence-electron chi connectivity index (χ1n) is 7.41. The highest BCUT2D eigenvalue weighted by Gasteiger charge is 2.20. The molecule has 0 saturated carbocycles. The second-order valence-corrected chi connectivity index (χ2v) is 6.46. The first-order valence-corrected chi connectivity index (χ1v) is 7.41. The zero-order chi connectivity index (χ0) is 16.0. The molecule has 0 aliphatic heterocycles. The van der Waals surface area contributed by atoms with E-state index in [-0.39, 0.29) is 5.41 Å². The molecule has 2 rings (SSSR count). The highest BCUT2D eigenvalue weighted by molar-refractivity contribution is 6.59. The van der Waals surface area contributed by atoms with Crippen molar-refractivity contribution in [3.63, 3.8) is 0 Å². The molecular weight excluding hydrogens is 271 g/mol. The molecule has 0 heterocycles. The molecule has 0 amide bonds. The Kier molecular flexibility index (Phi) is 5.43. The fourth-order valence-corrected chi connectivity index (χ4v) is 1.82. The van der Waals surface area contributed by atoms with Crippen LogP contribution in [0.3, 0.4) is 0 Å². The fourth-order valence-electron chi connectivity index (χ4n) is 1.82. The van der Waals surface area contributed by atoms with Gasteiger partial charge in [0, 0.05) is 17.7 Å². The predicted octanol–water partition coefficient (Wildman–Crippen LogP) is 2.84. The summed E-state index contributed by atoms with van der Waals surface area (Å²) in [6, 6.07) is 17.4. The van der Waals surface area contributed by atoms with Crippen LogP contribution in [0.1, 0.15) is 31.9 Å². The standard InChI is InChI=1S/C19H21BO2/c1-19(2,3)15-22-20(21)18-13-11-17(12-14-18)10-9-16-7-5-4-6-8-16/h4-8,11-14,21H,15H2,1-3H3. The van der Waals surface area contributed by atoms with E-state index in [0.717, 1.165) is 16.6 Å². The molecule has 2 nitrogen and oxygen atoms in total. The zero-order valence-electron chi connectivity index (χ0n) is 13.3. The molecule has 112 valence electrons. The van der Waals surface area contributed by atoms with E-state index >= 15 is 0 Å². The largest absolute Gasteiger partial charge is 0.491 e. The minimum Gasteiger partial charge on any atom is -0.423 e. The summed E-state index contributed by atoms with van der Waals surface area (Å²) in [6.07, 6.45) is 0. The summed E-state index contributed by atoms with van der Waals surface area (Å²) in [4.78, 5) is 0. The molecule has 0 spiro atoms. The Morgan fingerprint density at radius 3 is 2.00 bits per heavy atom. The van der Waals surface area contributed by atoms with E-state index in [1.54, 1.807) is 0 Å². The van der Waals surface area contributed by atoms with E-state index in [9.17, 15) is 5.02 Å². The van der Waals surface area contributed by atoms with Gasteiger partial charge in [-0.1, -0.05) is 62.9 Å². The molecule has 0 fully saturated rings. The van der Waals surface area contributed by atoms with E-state index in [1.807, 2.05) is 54.6 Å². The highest BCUT2D eigenvalue weighted by Crippen LogP contribution is 2.13. The van der Waals surface area contributed by atoms with Crippen LogP contribution in [0.25, 0.3) is 0 Å². The van der Waals surface area contributed by atoms with Crippen molar-refractivity contribution < 1.29 is 9.68 Å². The van der Waals surface area contributed by atoms with E-state index in [1.165, 1.54) is 0 Å². The molecule has 22 heavy (non-hydrogen) atoms. The maximum absolute atomic E-state index is 10.0. The SMILES string of the molecule is CC(C)(C)COB(O)c1ccc(C#Cc2ccccc2)cc1. The minimum absolute atomic E-state index is 0.0298. The molecule has 0 aliphatic rings. The van der Waals surface area contributed by atoms with Crippen LogP contribution in [0.5, 0.6) is 0 Å². The van der Waals surface area contributed by atoms with Gasteiger partial charge in [-0.2, -0.15) is 0 Å². The number of rotatable bonds is 3. The van der Waals surface area contributed by atoms with E-state index in [2.05, 4.69) is 32.6 Å². The van der Waals surface area contributed by atoms with Crippen LogP contribution in [0.2, 0.25) is 0 Å². The van der Waals surface area contributed by atoms with Gasteiger partial charge in [-0.15, -0.1) is 0 Å². The molecule has 3 heteroatoms. The van der Waals surface area contributed by atoms with Crippen LogP contribution in [-0.4, -0.2) is 18.7 Å². The van der Waals surface area contributed by atoms with Crippen molar-refractivity contribution in [2.24, 2.45) is 5.41 Å². The van der Waals surface area contributed by atoms with Crippen LogP contribution in [0, 0.1) is 17.3 Å². The van der Waals surface area contributed by atoms with Gasteiger partial charge in [-0.3, -0.25) is 0 Å². The molecular formula is C19H21BO2. The van der Waals surface area contributed by atoms with Crippen molar-refractivity contribution in [1.29, 1.82) is 0 Å². The van der Waals surface area contributed by atoms with Crippen LogP contribution in [-0.2, 0) is 4.65 Å². The molecule has 2 aromatic carbocycles. The van der Waals surface area contributed by atoms with Gasteiger partial charge in [-0.25, -0.2) is 0 Å². The molecule has 0 saturated heterocycles. The topological polar surface area (TPSA) is 29.5 Å². The van der Waals surface area contributed by atoms with E-state index in [4.69, 9.17) is 4.65 Å². The van der Waals surface area contributed by atoms with Gasteiger partial charge in [0.1, 0.15) is 0 Å². The maximum atomic E-state index is 10.0. The second kappa shape index (κ2) is 7.31. The van der Waals surface area contributed by atoms with Crippen molar-refractivity contribution in [2.75, 3.05) is 6.61 Å². The van der Waals surface area contributed by atoms with Gasteiger partial charge in [0.2, 0.25) is 0 Å². The van der Waals surface area contributed by atoms with Crippen molar-refractivity contribution in [1.82, 2.24) is 0 Å². The number of hydrogen-bond acceptors (Lipinski definition) is 2. The van der Waals surface area contributed by atoms with Gasteiger partial charge in [0.05, 0.1) is 0 Å². The summed E-state index contributed by atoms with van der Waals surface area (Å²) >= 11 is 0. The monoisotopic (exact) mass is 292 g/mol. The lowest BCUT2D eigenvalue weighted by Gasteiger charge is -2.19. The zero-order valence-corrected chi connectivity index (χ0v) is 13.3. The van der Waals surface area contributed by atoms with Crippen LogP contribution >= 0.6 is 0 Å². The summed E-state index contributed by atoms with van der Waals surface area (Å²) in [5.41, 5.74) is 2.67. The molecule has 2 aromatic rings. The normalized spacial score (nSPS) is 10.7. The smallest absolute Gasteiger partial charge is 0.423 e. The maximum Gasteiger partial charge on any atom is 0.491 e. The highest BCUT2D eigenvalue weighted by atomic mass is 16.5. The average Bonchev–Trinajstić information content (AvgIpc) is 2.51. The van der Waals surface area contributed by atoms with Gasteiger partial charge < -0.3 is 9.68 Å². The third-order valence-electron chi connectivity index (χ3n) is 3.00. The summed E-state index contributed by atoms with van der Waals surface area (Å²) in [5, 5.41) is 10.0. The quantitative estimate of drug-likeness (QED) is 0.696. The summed E-state index contributed by atoms with van der Waals surface area (Å²) < 4.78 is 5.48. The van der Waals surface area contributed by atoms with Crippen molar-refractivity contribution >= 4 is 12.6 Å². The molecule has 1 N–H and O–H groups in total. The molecule has 0 radical (unpaired) electrons. The lowest BCUT2D eigenvalue weighted by atomic mass is 9.78. The lowest BCUT2D eigenvalue weighted by molar-refractivity contribution is 0.174. The van der Waals surface area contributed by atoms with Crippen molar-refractivity contribution in [2.45, 2.75) is 20.8 Å². The lowest BCUT2D eigenvalue weighted by Crippen LogP contribution is -2.36. The van der Waals surface area contributed by atoms with Crippen LogP contribution in [0.4, 0.5) is 0 Å². The Morgan fingerprint density at radius 1 is 0.909 bits per heavy atom. The minimum atomic E-state index is -0.893. The van der Waals surface area contributed by atoms with Gasteiger partial charge >= 0.3 is 7.12 Å². The number of benzene rings is 2. The van der Waals surface area contributed by atoms with E-state index < -0.39 is 7.12 Å². The van der Waals surface area contributed by atoms with Crippen molar-refractivity contribution in [3.05, 3.63) is 65.7 Å². The summed E-state index contributed by atoms with van der Waals surface area (Å²) in [7, 11) is -0.893. The third-order valence-corrected chi connectivity index (χ3v) is 3.00. The molecule has 0 aliphatic carbocycles. The molecule has 0 atom stereocenters. The van der Waals surface area contributed by atoms with Gasteiger partial charge in [0.25, 0.3) is 0 Å². The average molecular weight is 292 g/mol. The van der Waals surface area contributed by atoms with Crippen molar-refractivity contribution in [3.8, 4) is 11.8 Å². The third kappa shape index (κ3) is 5.40. The first kappa shape index (κ1) is 16.4. The Bertz CT molecular complexity index is 646. The van der Waals surface area contributed by atoms with Gasteiger partial charge in [-0.05, 0) is 35.1 Å². The Labute approximate surface area is 133 Å². The predicted molar refractivity (Wildman–Crippen MR) is 91.9 cm³/mol. The van der Waals surface area contributed by atoms with Gasteiger partial charge in [0.15, 0.2) is 0 Å². The fraction of sp³-hybridized carbons (Fsp3) is 0.263. The second-order valence-electron chi connectivity index (χ2n) is 6.46. The summed E-state index contributed by atoms with van der Waals surface area (Å²) in [6.45, 7) is 6.72. The summed E-state index contributed by atoms with van der Waals surface area (Å²) in [5.74, 6) is 6.22. The molecule has 0 bridgehead atoms. The first-order chi connectivity index (χ1) is 10.4. The van der Waals surface area contributed by atoms with E-state index in [0.29, 0.717) is 6.61 Å². The Hall–Kier alpha value is -2.02. The Morgan fingerprint density at radius 2 is 1.45 bits per heavy atom. The van der Waals surface area contributed by atoms with Crippen LogP contribution in [0.15, 0.2) is 54.6 Å². The molecule has 0 unspecified atom stereocenters.